The van der Waals surface area contributed by atoms with Gasteiger partial charge in [0.15, 0.2) is 5.78 Å². The number of allylic oxidation sites excluding steroid dienone is 2. The highest BCUT2D eigenvalue weighted by molar-refractivity contribution is 6.17. The minimum atomic E-state index is -0.353. The molecule has 0 atom stereocenters. The van der Waals surface area contributed by atoms with Gasteiger partial charge in [-0.1, -0.05) is 30.3 Å². The van der Waals surface area contributed by atoms with Gasteiger partial charge < -0.3 is 4.74 Å². The number of aromatic nitrogens is 1. The standard InChI is InChI=1S/C17H15NO3/c1-12(21-2)11-15(19)16-14(9-6-10-18-16)17(20)13-7-4-3-5-8-13/h3-11H,1-2H3/b12-11-. The zero-order valence-corrected chi connectivity index (χ0v) is 11.9. The number of hydrogen-bond acceptors (Lipinski definition) is 4. The fourth-order valence-corrected chi connectivity index (χ4v) is 1.84. The van der Waals surface area contributed by atoms with Gasteiger partial charge in [0.1, 0.15) is 5.69 Å². The van der Waals surface area contributed by atoms with Crippen LogP contribution in [0.25, 0.3) is 0 Å². The van der Waals surface area contributed by atoms with Crippen LogP contribution in [0.5, 0.6) is 0 Å². The van der Waals surface area contributed by atoms with E-state index in [0.29, 0.717) is 11.3 Å². The van der Waals surface area contributed by atoms with Crippen molar-refractivity contribution in [2.45, 2.75) is 6.92 Å². The van der Waals surface area contributed by atoms with Crippen molar-refractivity contribution >= 4 is 11.6 Å². The lowest BCUT2D eigenvalue weighted by atomic mass is 10.00. The molecule has 0 aliphatic rings. The molecule has 0 radical (unpaired) electrons. The first kappa shape index (κ1) is 14.7. The summed E-state index contributed by atoms with van der Waals surface area (Å²) in [4.78, 5) is 28.7. The van der Waals surface area contributed by atoms with E-state index in [1.165, 1.54) is 19.4 Å². The summed E-state index contributed by atoms with van der Waals surface area (Å²) < 4.78 is 4.95. The van der Waals surface area contributed by atoms with Crippen molar-refractivity contribution in [2.24, 2.45) is 0 Å². The van der Waals surface area contributed by atoms with Crippen LogP contribution >= 0.6 is 0 Å². The molecule has 0 unspecified atom stereocenters. The van der Waals surface area contributed by atoms with Crippen LogP contribution in [0.3, 0.4) is 0 Å². The zero-order valence-electron chi connectivity index (χ0n) is 11.9. The van der Waals surface area contributed by atoms with Crippen molar-refractivity contribution in [1.82, 2.24) is 4.98 Å². The summed E-state index contributed by atoms with van der Waals surface area (Å²) in [5, 5.41) is 0. The average Bonchev–Trinajstić information content (AvgIpc) is 2.54. The largest absolute Gasteiger partial charge is 0.501 e. The van der Waals surface area contributed by atoms with Crippen LogP contribution in [-0.4, -0.2) is 23.7 Å². The van der Waals surface area contributed by atoms with Crippen molar-refractivity contribution in [2.75, 3.05) is 7.11 Å². The van der Waals surface area contributed by atoms with Crippen molar-refractivity contribution in [3.8, 4) is 0 Å². The summed E-state index contributed by atoms with van der Waals surface area (Å²) in [5.74, 6) is -0.117. The lowest BCUT2D eigenvalue weighted by molar-refractivity contribution is 0.100. The number of methoxy groups -OCH3 is 1. The predicted octanol–water partition coefficient (Wildman–Crippen LogP) is 3.05. The molecule has 2 aromatic rings. The molecule has 0 saturated carbocycles. The zero-order chi connectivity index (χ0) is 15.2. The number of benzene rings is 1. The maximum Gasteiger partial charge on any atom is 0.208 e. The fraction of sp³-hybridized carbons (Fsp3) is 0.118. The second-order valence-corrected chi connectivity index (χ2v) is 4.42. The normalized spacial score (nSPS) is 11.0. The number of rotatable bonds is 5. The van der Waals surface area contributed by atoms with E-state index in [2.05, 4.69) is 4.98 Å². The second-order valence-electron chi connectivity index (χ2n) is 4.42. The Hall–Kier alpha value is -2.75. The van der Waals surface area contributed by atoms with E-state index < -0.39 is 0 Å². The van der Waals surface area contributed by atoms with Crippen LogP contribution in [0, 0.1) is 0 Å². The van der Waals surface area contributed by atoms with Gasteiger partial charge in [-0.05, 0) is 19.1 Å². The minimum Gasteiger partial charge on any atom is -0.501 e. The SMILES string of the molecule is CO/C(C)=C\C(=O)c1ncccc1C(=O)c1ccccc1. The molecule has 0 amide bonds. The molecule has 0 aliphatic heterocycles. The number of carbonyl (C=O) groups is 2. The number of ether oxygens (including phenoxy) is 1. The molecule has 4 heteroatoms. The first-order valence-electron chi connectivity index (χ1n) is 6.45. The monoisotopic (exact) mass is 281 g/mol. The van der Waals surface area contributed by atoms with Crippen molar-refractivity contribution in [1.29, 1.82) is 0 Å². The minimum absolute atomic E-state index is 0.128. The van der Waals surface area contributed by atoms with Crippen molar-refractivity contribution in [3.63, 3.8) is 0 Å². The van der Waals surface area contributed by atoms with Crippen LogP contribution in [0.15, 0.2) is 60.5 Å². The summed E-state index contributed by atoms with van der Waals surface area (Å²) in [7, 11) is 1.48. The Bertz CT molecular complexity index is 690. The molecule has 0 saturated heterocycles. The summed E-state index contributed by atoms with van der Waals surface area (Å²) in [6, 6.07) is 12.0. The number of nitrogens with zero attached hydrogens (tertiary/aromatic N) is 1. The van der Waals surface area contributed by atoms with Crippen molar-refractivity contribution in [3.05, 3.63) is 77.3 Å². The van der Waals surface area contributed by atoms with Gasteiger partial charge in [0.2, 0.25) is 5.78 Å². The van der Waals surface area contributed by atoms with E-state index >= 15 is 0 Å². The highest BCUT2D eigenvalue weighted by atomic mass is 16.5. The average molecular weight is 281 g/mol. The van der Waals surface area contributed by atoms with E-state index in [-0.39, 0.29) is 22.8 Å². The van der Waals surface area contributed by atoms with E-state index in [4.69, 9.17) is 4.74 Å². The number of carbonyl (C=O) groups excluding carboxylic acids is 2. The molecule has 1 heterocycles. The lowest BCUT2D eigenvalue weighted by Crippen LogP contribution is -2.11. The van der Waals surface area contributed by atoms with E-state index in [1.807, 2.05) is 6.07 Å². The number of ketones is 2. The Morgan fingerprint density at radius 3 is 2.48 bits per heavy atom. The van der Waals surface area contributed by atoms with E-state index in [9.17, 15) is 9.59 Å². The smallest absolute Gasteiger partial charge is 0.208 e. The highest BCUT2D eigenvalue weighted by Crippen LogP contribution is 2.14. The Morgan fingerprint density at radius 2 is 1.81 bits per heavy atom. The third kappa shape index (κ3) is 3.42. The van der Waals surface area contributed by atoms with Crippen LogP contribution in [0.4, 0.5) is 0 Å². The molecule has 4 nitrogen and oxygen atoms in total. The molecular weight excluding hydrogens is 266 g/mol. The van der Waals surface area contributed by atoms with Gasteiger partial charge in [0.25, 0.3) is 0 Å². The summed E-state index contributed by atoms with van der Waals surface area (Å²) in [6.07, 6.45) is 2.81. The fourth-order valence-electron chi connectivity index (χ4n) is 1.84. The van der Waals surface area contributed by atoms with E-state index in [0.717, 1.165) is 0 Å². The van der Waals surface area contributed by atoms with Gasteiger partial charge in [0.05, 0.1) is 18.4 Å². The maximum absolute atomic E-state index is 12.5. The molecule has 0 fully saturated rings. The molecule has 1 aromatic carbocycles. The van der Waals surface area contributed by atoms with Crippen LogP contribution < -0.4 is 0 Å². The summed E-state index contributed by atoms with van der Waals surface area (Å²) in [6.45, 7) is 1.67. The Labute approximate surface area is 123 Å². The quantitative estimate of drug-likeness (QED) is 0.480. The second kappa shape index (κ2) is 6.61. The lowest BCUT2D eigenvalue weighted by Gasteiger charge is -2.06. The molecule has 0 N–H and O–H groups in total. The molecule has 0 aliphatic carbocycles. The van der Waals surface area contributed by atoms with E-state index in [1.54, 1.807) is 43.3 Å². The third-order valence-electron chi connectivity index (χ3n) is 2.98. The molecule has 1 aromatic heterocycles. The molecule has 0 spiro atoms. The Balaban J connectivity index is 2.42. The van der Waals surface area contributed by atoms with Gasteiger partial charge in [-0.3, -0.25) is 14.6 Å². The highest BCUT2D eigenvalue weighted by Gasteiger charge is 2.18. The maximum atomic E-state index is 12.5. The van der Waals surface area contributed by atoms with Crippen LogP contribution in [-0.2, 0) is 4.74 Å². The molecule has 21 heavy (non-hydrogen) atoms. The van der Waals surface area contributed by atoms with Gasteiger partial charge in [-0.2, -0.15) is 0 Å². The van der Waals surface area contributed by atoms with Crippen LogP contribution in [0.1, 0.15) is 33.3 Å². The van der Waals surface area contributed by atoms with Gasteiger partial charge in [-0.25, -0.2) is 0 Å². The molecular formula is C17H15NO3. The summed E-state index contributed by atoms with van der Waals surface area (Å²) >= 11 is 0. The topological polar surface area (TPSA) is 56.3 Å². The van der Waals surface area contributed by atoms with Crippen LogP contribution in [0.2, 0.25) is 0 Å². The third-order valence-corrected chi connectivity index (χ3v) is 2.98. The van der Waals surface area contributed by atoms with Gasteiger partial charge >= 0.3 is 0 Å². The predicted molar refractivity (Wildman–Crippen MR) is 79.2 cm³/mol. The first-order chi connectivity index (χ1) is 10.1. The van der Waals surface area contributed by atoms with Gasteiger partial charge in [0, 0.05) is 17.8 Å². The number of hydrogen-bond donors (Lipinski definition) is 0. The molecule has 0 bridgehead atoms. The summed E-state index contributed by atoms with van der Waals surface area (Å²) in [5.41, 5.74) is 0.934. The van der Waals surface area contributed by atoms with Crippen molar-refractivity contribution < 1.29 is 14.3 Å². The first-order valence-corrected chi connectivity index (χ1v) is 6.45. The van der Waals surface area contributed by atoms with Gasteiger partial charge in [-0.15, -0.1) is 0 Å². The molecule has 106 valence electrons. The molecule has 2 rings (SSSR count). The Kier molecular flexibility index (Phi) is 4.61. The Morgan fingerprint density at radius 1 is 1.10 bits per heavy atom. The number of pyridine rings is 1.